The molecule has 0 saturated heterocycles. The standard InChI is InChI=1S/C24H27ClO3/c1-3-28-24(27)20-7-5-4-6-19(20)23(26)15-17-9-11-18(12-10-17)21-14-16(2)8-13-22(21)25/h8-14,19-20H,3-7,15H2,1-2H3. The van der Waals surface area contributed by atoms with Gasteiger partial charge in [0.15, 0.2) is 0 Å². The number of carbonyl (C=O) groups excluding carboxylic acids is 2. The van der Waals surface area contributed by atoms with Gasteiger partial charge in [0, 0.05) is 22.9 Å². The minimum Gasteiger partial charge on any atom is -0.466 e. The summed E-state index contributed by atoms with van der Waals surface area (Å²) >= 11 is 6.33. The molecule has 0 spiro atoms. The molecule has 2 unspecified atom stereocenters. The van der Waals surface area contributed by atoms with Crippen LogP contribution in [0.2, 0.25) is 5.02 Å². The highest BCUT2D eigenvalue weighted by atomic mass is 35.5. The van der Waals surface area contributed by atoms with Gasteiger partial charge in [-0.05, 0) is 49.9 Å². The predicted octanol–water partition coefficient (Wildman–Crippen LogP) is 5.80. The van der Waals surface area contributed by atoms with E-state index in [1.807, 2.05) is 43.3 Å². The molecule has 0 aliphatic heterocycles. The van der Waals surface area contributed by atoms with Gasteiger partial charge >= 0.3 is 5.97 Å². The van der Waals surface area contributed by atoms with Crippen molar-refractivity contribution >= 4 is 23.4 Å². The third-order valence-electron chi connectivity index (χ3n) is 5.53. The van der Waals surface area contributed by atoms with Crippen molar-refractivity contribution in [3.05, 3.63) is 58.6 Å². The second-order valence-electron chi connectivity index (χ2n) is 7.57. The molecule has 0 amide bonds. The number of hydrogen-bond acceptors (Lipinski definition) is 3. The van der Waals surface area contributed by atoms with E-state index in [2.05, 4.69) is 6.07 Å². The maximum Gasteiger partial charge on any atom is 0.309 e. The van der Waals surface area contributed by atoms with Gasteiger partial charge in [0.1, 0.15) is 5.78 Å². The van der Waals surface area contributed by atoms with Crippen LogP contribution >= 0.6 is 11.6 Å². The van der Waals surface area contributed by atoms with Crippen molar-refractivity contribution in [2.75, 3.05) is 6.61 Å². The van der Waals surface area contributed by atoms with Gasteiger partial charge in [-0.2, -0.15) is 0 Å². The molecule has 0 radical (unpaired) electrons. The summed E-state index contributed by atoms with van der Waals surface area (Å²) in [5, 5.41) is 0.717. The lowest BCUT2D eigenvalue weighted by molar-refractivity contribution is -0.153. The van der Waals surface area contributed by atoms with Crippen LogP contribution in [0, 0.1) is 18.8 Å². The topological polar surface area (TPSA) is 43.4 Å². The highest BCUT2D eigenvalue weighted by Gasteiger charge is 2.36. The number of hydrogen-bond donors (Lipinski definition) is 0. The fourth-order valence-corrected chi connectivity index (χ4v) is 4.27. The van der Waals surface area contributed by atoms with E-state index in [-0.39, 0.29) is 23.6 Å². The van der Waals surface area contributed by atoms with Gasteiger partial charge in [-0.15, -0.1) is 0 Å². The zero-order chi connectivity index (χ0) is 20.1. The lowest BCUT2D eigenvalue weighted by atomic mass is 9.75. The van der Waals surface area contributed by atoms with Crippen LogP contribution in [-0.2, 0) is 20.7 Å². The monoisotopic (exact) mass is 398 g/mol. The van der Waals surface area contributed by atoms with Crippen molar-refractivity contribution in [1.82, 2.24) is 0 Å². The largest absolute Gasteiger partial charge is 0.466 e. The Morgan fingerprint density at radius 3 is 2.39 bits per heavy atom. The van der Waals surface area contributed by atoms with Crippen LogP contribution in [0.4, 0.5) is 0 Å². The molecule has 0 bridgehead atoms. The highest BCUT2D eigenvalue weighted by molar-refractivity contribution is 6.33. The van der Waals surface area contributed by atoms with E-state index in [0.717, 1.165) is 47.9 Å². The molecular weight excluding hydrogens is 372 g/mol. The van der Waals surface area contributed by atoms with Crippen molar-refractivity contribution in [1.29, 1.82) is 0 Å². The molecule has 28 heavy (non-hydrogen) atoms. The van der Waals surface area contributed by atoms with Gasteiger partial charge in [-0.1, -0.05) is 60.3 Å². The molecule has 2 aromatic rings. The molecule has 3 rings (SSSR count). The summed E-state index contributed by atoms with van der Waals surface area (Å²) in [7, 11) is 0. The van der Waals surface area contributed by atoms with Crippen LogP contribution < -0.4 is 0 Å². The quantitative estimate of drug-likeness (QED) is 0.578. The molecule has 2 aromatic carbocycles. The van der Waals surface area contributed by atoms with E-state index in [1.165, 1.54) is 0 Å². The number of benzene rings is 2. The zero-order valence-electron chi connectivity index (χ0n) is 16.5. The maximum atomic E-state index is 12.9. The second kappa shape index (κ2) is 9.38. The molecule has 148 valence electrons. The van der Waals surface area contributed by atoms with Crippen molar-refractivity contribution < 1.29 is 14.3 Å². The number of carbonyl (C=O) groups is 2. The Kier molecular flexibility index (Phi) is 6.90. The fraction of sp³-hybridized carbons (Fsp3) is 0.417. The molecule has 0 N–H and O–H groups in total. The Labute approximate surface area is 172 Å². The highest BCUT2D eigenvalue weighted by Crippen LogP contribution is 2.33. The summed E-state index contributed by atoms with van der Waals surface area (Å²) in [5.74, 6) is -0.589. The van der Waals surface area contributed by atoms with E-state index in [9.17, 15) is 9.59 Å². The van der Waals surface area contributed by atoms with Gasteiger partial charge in [0.25, 0.3) is 0 Å². The zero-order valence-corrected chi connectivity index (χ0v) is 17.3. The molecule has 4 heteroatoms. The second-order valence-corrected chi connectivity index (χ2v) is 7.98. The summed E-state index contributed by atoms with van der Waals surface area (Å²) in [5.41, 5.74) is 4.15. The summed E-state index contributed by atoms with van der Waals surface area (Å²) in [6.07, 6.45) is 3.86. The number of aryl methyl sites for hydroxylation is 1. The average Bonchev–Trinajstić information content (AvgIpc) is 2.70. The van der Waals surface area contributed by atoms with Crippen LogP contribution in [0.1, 0.15) is 43.7 Å². The fourth-order valence-electron chi connectivity index (χ4n) is 4.04. The molecule has 1 aliphatic carbocycles. The first-order valence-electron chi connectivity index (χ1n) is 10.0. The van der Waals surface area contributed by atoms with E-state index in [1.54, 1.807) is 6.92 Å². The van der Waals surface area contributed by atoms with Crippen LogP contribution in [0.25, 0.3) is 11.1 Å². The maximum absolute atomic E-state index is 12.9. The number of esters is 1. The Hall–Kier alpha value is -2.13. The first-order chi connectivity index (χ1) is 13.5. The minimum absolute atomic E-state index is 0.138. The van der Waals surface area contributed by atoms with Crippen LogP contribution in [-0.4, -0.2) is 18.4 Å². The molecule has 0 aromatic heterocycles. The van der Waals surface area contributed by atoms with Gasteiger partial charge in [-0.25, -0.2) is 0 Å². The van der Waals surface area contributed by atoms with Crippen molar-refractivity contribution in [2.24, 2.45) is 11.8 Å². The molecule has 1 fully saturated rings. The van der Waals surface area contributed by atoms with E-state index in [4.69, 9.17) is 16.3 Å². The molecule has 3 nitrogen and oxygen atoms in total. The first kappa shape index (κ1) is 20.6. The predicted molar refractivity (Wildman–Crippen MR) is 112 cm³/mol. The first-order valence-corrected chi connectivity index (χ1v) is 10.4. The number of ether oxygens (including phenoxy) is 1. The van der Waals surface area contributed by atoms with E-state index in [0.29, 0.717) is 18.1 Å². The number of Topliss-reactive ketones (excluding diaryl/α,β-unsaturated/α-hetero) is 1. The van der Waals surface area contributed by atoms with Crippen LogP contribution in [0.15, 0.2) is 42.5 Å². The van der Waals surface area contributed by atoms with Gasteiger partial charge < -0.3 is 4.74 Å². The Morgan fingerprint density at radius 1 is 1.04 bits per heavy atom. The average molecular weight is 399 g/mol. The molecule has 0 heterocycles. The van der Waals surface area contributed by atoms with Gasteiger partial charge in [0.2, 0.25) is 0 Å². The number of rotatable bonds is 6. The van der Waals surface area contributed by atoms with E-state index < -0.39 is 0 Å². The summed E-state index contributed by atoms with van der Waals surface area (Å²) in [6, 6.07) is 13.9. The smallest absolute Gasteiger partial charge is 0.309 e. The Morgan fingerprint density at radius 2 is 1.71 bits per heavy atom. The van der Waals surface area contributed by atoms with Crippen molar-refractivity contribution in [3.8, 4) is 11.1 Å². The Bertz CT molecular complexity index is 841. The third-order valence-corrected chi connectivity index (χ3v) is 5.86. The number of ketones is 1. The van der Waals surface area contributed by atoms with Crippen LogP contribution in [0.5, 0.6) is 0 Å². The summed E-state index contributed by atoms with van der Waals surface area (Å²) < 4.78 is 5.19. The summed E-state index contributed by atoms with van der Waals surface area (Å²) in [6.45, 7) is 4.20. The lowest BCUT2D eigenvalue weighted by Crippen LogP contribution is -2.34. The SMILES string of the molecule is CCOC(=O)C1CCCCC1C(=O)Cc1ccc(-c2cc(C)ccc2Cl)cc1. The third kappa shape index (κ3) is 4.82. The summed E-state index contributed by atoms with van der Waals surface area (Å²) in [4.78, 5) is 25.2. The van der Waals surface area contributed by atoms with Gasteiger partial charge in [-0.3, -0.25) is 9.59 Å². The molecular formula is C24H27ClO3. The van der Waals surface area contributed by atoms with E-state index >= 15 is 0 Å². The lowest BCUT2D eigenvalue weighted by Gasteiger charge is -2.28. The Balaban J connectivity index is 1.71. The normalized spacial score (nSPS) is 19.2. The minimum atomic E-state index is -0.286. The molecule has 1 saturated carbocycles. The van der Waals surface area contributed by atoms with Crippen molar-refractivity contribution in [2.45, 2.75) is 46.0 Å². The van der Waals surface area contributed by atoms with Crippen molar-refractivity contribution in [3.63, 3.8) is 0 Å². The van der Waals surface area contributed by atoms with Crippen LogP contribution in [0.3, 0.4) is 0 Å². The molecule has 2 atom stereocenters. The van der Waals surface area contributed by atoms with Gasteiger partial charge in [0.05, 0.1) is 12.5 Å². The number of halogens is 1. The molecule has 1 aliphatic rings.